The van der Waals surface area contributed by atoms with Crippen molar-refractivity contribution in [2.45, 2.75) is 0 Å². The molecule has 1 amide bonds. The second-order valence-electron chi connectivity index (χ2n) is 7.49. The van der Waals surface area contributed by atoms with Crippen LogP contribution in [0.4, 0.5) is 21.6 Å². The van der Waals surface area contributed by atoms with Gasteiger partial charge in [0.25, 0.3) is 0 Å². The number of amides is 1. The largest absolute Gasteiger partial charge is 0.494 e. The Kier molecular flexibility index (Phi) is 9.00. The number of carbonyl (C=O) groups excluding carboxylic acids is 1. The zero-order chi connectivity index (χ0) is 23.2. The van der Waals surface area contributed by atoms with Crippen LogP contribution in [0, 0.1) is 5.82 Å². The molecule has 8 nitrogen and oxygen atoms in total. The standard InChI is InChI=1S/C23H24ClFN6O2.ClH/c1-33-21-13-19-16(23(28-14-27-19)29-15-4-5-18(25)17(24)11-15)12-20(21)30-22(32)3-2-8-31-9-6-26-7-10-31;/h2-5,11-14,26H,6-10H2,1H3,(H,30,32)(H,27,28,29);1H/b3-2+;. The van der Waals surface area contributed by atoms with Gasteiger partial charge in [0.05, 0.1) is 23.3 Å². The van der Waals surface area contributed by atoms with Crippen LogP contribution >= 0.6 is 24.0 Å². The molecule has 0 atom stereocenters. The topological polar surface area (TPSA) is 91.4 Å². The number of carbonyl (C=O) groups is 1. The molecule has 0 radical (unpaired) electrons. The van der Waals surface area contributed by atoms with E-state index in [9.17, 15) is 9.18 Å². The summed E-state index contributed by atoms with van der Waals surface area (Å²) >= 11 is 5.89. The molecule has 2 aromatic carbocycles. The molecule has 34 heavy (non-hydrogen) atoms. The number of aromatic nitrogens is 2. The van der Waals surface area contributed by atoms with Crippen molar-refractivity contribution in [1.29, 1.82) is 0 Å². The Hall–Kier alpha value is -2.98. The number of nitrogens with one attached hydrogen (secondary N) is 3. The smallest absolute Gasteiger partial charge is 0.248 e. The summed E-state index contributed by atoms with van der Waals surface area (Å²) in [6.45, 7) is 4.54. The fourth-order valence-corrected chi connectivity index (χ4v) is 3.72. The number of fused-ring (bicyclic) bond motifs is 1. The molecule has 3 N–H and O–H groups in total. The Bertz CT molecular complexity index is 1190. The number of halogens is 3. The molecule has 1 aromatic heterocycles. The van der Waals surface area contributed by atoms with E-state index in [1.54, 1.807) is 18.2 Å². The van der Waals surface area contributed by atoms with Crippen LogP contribution < -0.4 is 20.7 Å². The lowest BCUT2D eigenvalue weighted by Gasteiger charge is -2.25. The highest BCUT2D eigenvalue weighted by atomic mass is 35.5. The van der Waals surface area contributed by atoms with Crippen molar-refractivity contribution in [3.63, 3.8) is 0 Å². The van der Waals surface area contributed by atoms with Crippen molar-refractivity contribution in [2.24, 2.45) is 0 Å². The third-order valence-corrected chi connectivity index (χ3v) is 5.53. The van der Waals surface area contributed by atoms with Gasteiger partial charge in [0.15, 0.2) is 0 Å². The number of hydrogen-bond donors (Lipinski definition) is 3. The van der Waals surface area contributed by atoms with Gasteiger partial charge < -0.3 is 20.7 Å². The monoisotopic (exact) mass is 506 g/mol. The van der Waals surface area contributed by atoms with Gasteiger partial charge in [-0.15, -0.1) is 12.4 Å². The van der Waals surface area contributed by atoms with Crippen LogP contribution in [0.3, 0.4) is 0 Å². The average molecular weight is 507 g/mol. The fourth-order valence-electron chi connectivity index (χ4n) is 3.54. The number of piperazine rings is 1. The molecule has 180 valence electrons. The molecule has 11 heteroatoms. The third kappa shape index (κ3) is 6.32. The molecule has 0 spiro atoms. The first-order valence-corrected chi connectivity index (χ1v) is 10.9. The quantitative estimate of drug-likeness (QED) is 0.417. The van der Waals surface area contributed by atoms with Crippen LogP contribution in [0.15, 0.2) is 48.8 Å². The highest BCUT2D eigenvalue weighted by Gasteiger charge is 2.13. The molecule has 0 saturated carbocycles. The Morgan fingerprint density at radius 2 is 2.06 bits per heavy atom. The second kappa shape index (κ2) is 11.9. The van der Waals surface area contributed by atoms with E-state index in [0.29, 0.717) is 40.4 Å². The van der Waals surface area contributed by atoms with Crippen LogP contribution in [-0.2, 0) is 4.79 Å². The van der Waals surface area contributed by atoms with E-state index in [-0.39, 0.29) is 23.3 Å². The number of nitrogens with zero attached hydrogens (tertiary/aromatic N) is 3. The molecule has 4 rings (SSSR count). The fraction of sp³-hybridized carbons (Fsp3) is 0.261. The minimum Gasteiger partial charge on any atom is -0.494 e. The molecule has 3 aromatic rings. The van der Waals surface area contributed by atoms with Gasteiger partial charge in [-0.25, -0.2) is 14.4 Å². The first-order valence-electron chi connectivity index (χ1n) is 10.5. The van der Waals surface area contributed by atoms with Crippen LogP contribution in [0.25, 0.3) is 10.9 Å². The van der Waals surface area contributed by atoms with Gasteiger partial charge in [-0.1, -0.05) is 17.7 Å². The lowest BCUT2D eigenvalue weighted by Crippen LogP contribution is -2.43. The van der Waals surface area contributed by atoms with Gasteiger partial charge in [0.1, 0.15) is 23.7 Å². The van der Waals surface area contributed by atoms with Crippen molar-refractivity contribution < 1.29 is 13.9 Å². The van der Waals surface area contributed by atoms with Crippen molar-refractivity contribution in [2.75, 3.05) is 50.5 Å². The molecule has 2 heterocycles. The van der Waals surface area contributed by atoms with E-state index in [1.165, 1.54) is 31.6 Å². The zero-order valence-electron chi connectivity index (χ0n) is 18.5. The van der Waals surface area contributed by atoms with E-state index in [1.807, 2.05) is 6.08 Å². The predicted octanol–water partition coefficient (Wildman–Crippen LogP) is 4.00. The SMILES string of the molecule is COc1cc2ncnc(Nc3ccc(F)c(Cl)c3)c2cc1NC(=O)/C=C/CN1CCNCC1.Cl. The van der Waals surface area contributed by atoms with Gasteiger partial charge in [0.2, 0.25) is 5.91 Å². The van der Waals surface area contributed by atoms with Crippen LogP contribution in [0.1, 0.15) is 0 Å². The molecule has 1 saturated heterocycles. The molecule has 1 fully saturated rings. The van der Waals surface area contributed by atoms with Crippen molar-refractivity contribution in [1.82, 2.24) is 20.2 Å². The summed E-state index contributed by atoms with van der Waals surface area (Å²) < 4.78 is 18.9. The lowest BCUT2D eigenvalue weighted by atomic mass is 10.1. The molecule has 0 unspecified atom stereocenters. The Labute approximate surface area is 208 Å². The van der Waals surface area contributed by atoms with E-state index >= 15 is 0 Å². The summed E-state index contributed by atoms with van der Waals surface area (Å²) in [6.07, 6.45) is 4.78. The Morgan fingerprint density at radius 3 is 2.79 bits per heavy atom. The summed E-state index contributed by atoms with van der Waals surface area (Å²) in [7, 11) is 1.53. The van der Waals surface area contributed by atoms with Crippen LogP contribution in [0.2, 0.25) is 5.02 Å². The molecular formula is C23H25Cl2FN6O2. The second-order valence-corrected chi connectivity index (χ2v) is 7.90. The minimum absolute atomic E-state index is 0. The average Bonchev–Trinajstić information content (AvgIpc) is 2.82. The Balaban J connectivity index is 0.00000324. The van der Waals surface area contributed by atoms with Gasteiger partial charge in [-0.3, -0.25) is 9.69 Å². The lowest BCUT2D eigenvalue weighted by molar-refractivity contribution is -0.111. The van der Waals surface area contributed by atoms with Crippen molar-refractivity contribution in [3.05, 3.63) is 59.7 Å². The van der Waals surface area contributed by atoms with E-state index in [4.69, 9.17) is 16.3 Å². The summed E-state index contributed by atoms with van der Waals surface area (Å²) in [5, 5.41) is 9.94. The van der Waals surface area contributed by atoms with Gasteiger partial charge >= 0.3 is 0 Å². The predicted molar refractivity (Wildman–Crippen MR) is 135 cm³/mol. The number of ether oxygens (including phenoxy) is 1. The number of hydrogen-bond acceptors (Lipinski definition) is 7. The van der Waals surface area contributed by atoms with Crippen molar-refractivity contribution >= 4 is 58.0 Å². The van der Waals surface area contributed by atoms with Gasteiger partial charge in [0, 0.05) is 55.9 Å². The summed E-state index contributed by atoms with van der Waals surface area (Å²) in [6, 6.07) is 7.77. The number of anilines is 3. The zero-order valence-corrected chi connectivity index (χ0v) is 20.0. The molecule has 0 bridgehead atoms. The first kappa shape index (κ1) is 25.6. The summed E-state index contributed by atoms with van der Waals surface area (Å²) in [4.78, 5) is 23.4. The number of methoxy groups -OCH3 is 1. The van der Waals surface area contributed by atoms with Gasteiger partial charge in [-0.05, 0) is 24.3 Å². The maximum absolute atomic E-state index is 13.5. The van der Waals surface area contributed by atoms with Gasteiger partial charge in [-0.2, -0.15) is 0 Å². The first-order chi connectivity index (χ1) is 16.0. The molecule has 1 aliphatic rings. The third-order valence-electron chi connectivity index (χ3n) is 5.24. The molecule has 0 aliphatic carbocycles. The van der Waals surface area contributed by atoms with Crippen LogP contribution in [0.5, 0.6) is 5.75 Å². The summed E-state index contributed by atoms with van der Waals surface area (Å²) in [5.74, 6) is 0.185. The van der Waals surface area contributed by atoms with Crippen LogP contribution in [-0.4, -0.2) is 60.6 Å². The normalized spacial score (nSPS) is 14.1. The maximum atomic E-state index is 13.5. The van der Waals surface area contributed by atoms with E-state index in [2.05, 4.69) is 30.8 Å². The minimum atomic E-state index is -0.505. The van der Waals surface area contributed by atoms with Crippen molar-refractivity contribution in [3.8, 4) is 5.75 Å². The van der Waals surface area contributed by atoms with E-state index < -0.39 is 5.82 Å². The number of benzene rings is 2. The highest BCUT2D eigenvalue weighted by Crippen LogP contribution is 2.33. The summed E-state index contributed by atoms with van der Waals surface area (Å²) in [5.41, 5.74) is 1.67. The maximum Gasteiger partial charge on any atom is 0.248 e. The molecule has 1 aliphatic heterocycles. The Morgan fingerprint density at radius 1 is 1.26 bits per heavy atom. The highest BCUT2D eigenvalue weighted by molar-refractivity contribution is 6.31. The number of rotatable bonds is 7. The molecular weight excluding hydrogens is 482 g/mol. The van der Waals surface area contributed by atoms with E-state index in [0.717, 1.165) is 26.2 Å².